The fourth-order valence-corrected chi connectivity index (χ4v) is 2.59. The number of nitrogens with one attached hydrogen (secondary N) is 1. The minimum atomic E-state index is -0.348. The summed E-state index contributed by atoms with van der Waals surface area (Å²) >= 11 is 1.30. The third-order valence-electron chi connectivity index (χ3n) is 3.01. The number of amides is 1. The number of nitrogen functional groups attached to an aromatic ring is 1. The maximum absolute atomic E-state index is 11.4. The van der Waals surface area contributed by atoms with Crippen molar-refractivity contribution in [2.75, 3.05) is 11.4 Å². The Morgan fingerprint density at radius 1 is 1.40 bits per heavy atom. The summed E-state index contributed by atoms with van der Waals surface area (Å²) in [5, 5.41) is 2.28. The molecule has 0 radical (unpaired) electrons. The van der Waals surface area contributed by atoms with Crippen LogP contribution in [0.4, 0.5) is 5.69 Å². The van der Waals surface area contributed by atoms with Gasteiger partial charge in [0.1, 0.15) is 0 Å². The maximum Gasteiger partial charge on any atom is 0.294 e. The molecular formula is C14H18N4OS. The van der Waals surface area contributed by atoms with E-state index >= 15 is 0 Å². The number of hydrazine groups is 1. The molecule has 0 aliphatic rings. The van der Waals surface area contributed by atoms with Gasteiger partial charge in [0.25, 0.3) is 5.91 Å². The van der Waals surface area contributed by atoms with Crippen LogP contribution in [-0.2, 0) is 6.54 Å². The zero-order valence-corrected chi connectivity index (χ0v) is 12.4. The third kappa shape index (κ3) is 3.34. The van der Waals surface area contributed by atoms with E-state index in [9.17, 15) is 4.79 Å². The highest BCUT2D eigenvalue weighted by Gasteiger charge is 2.12. The second-order valence-electron chi connectivity index (χ2n) is 4.47. The van der Waals surface area contributed by atoms with Crippen LogP contribution in [0.25, 0.3) is 0 Å². The molecule has 1 aromatic heterocycles. The molecule has 0 bridgehead atoms. The van der Waals surface area contributed by atoms with Gasteiger partial charge in [-0.3, -0.25) is 10.2 Å². The first-order chi connectivity index (χ1) is 9.63. The van der Waals surface area contributed by atoms with Gasteiger partial charge in [0.05, 0.1) is 12.2 Å². The third-order valence-corrected chi connectivity index (χ3v) is 3.90. The van der Waals surface area contributed by atoms with E-state index in [1.165, 1.54) is 16.9 Å². The molecule has 1 aromatic carbocycles. The van der Waals surface area contributed by atoms with Gasteiger partial charge in [-0.25, -0.2) is 10.8 Å². The Morgan fingerprint density at radius 3 is 2.70 bits per heavy atom. The van der Waals surface area contributed by atoms with Crippen molar-refractivity contribution in [3.05, 3.63) is 45.9 Å². The fourth-order valence-electron chi connectivity index (χ4n) is 1.88. The zero-order valence-electron chi connectivity index (χ0n) is 11.6. The van der Waals surface area contributed by atoms with Crippen molar-refractivity contribution >= 4 is 22.9 Å². The summed E-state index contributed by atoms with van der Waals surface area (Å²) in [6.07, 6.45) is 0. The zero-order chi connectivity index (χ0) is 14.5. The molecule has 0 saturated carbocycles. The number of nitrogens with two attached hydrogens (primary N) is 1. The van der Waals surface area contributed by atoms with Crippen LogP contribution in [0.2, 0.25) is 0 Å². The van der Waals surface area contributed by atoms with Crippen molar-refractivity contribution in [2.24, 2.45) is 5.84 Å². The second-order valence-corrected chi connectivity index (χ2v) is 5.33. The highest BCUT2D eigenvalue weighted by Crippen LogP contribution is 2.19. The molecule has 20 heavy (non-hydrogen) atoms. The molecule has 5 nitrogen and oxygen atoms in total. The maximum atomic E-state index is 11.4. The number of carbonyl (C=O) groups excluding carboxylic acids is 1. The molecule has 0 fully saturated rings. The minimum Gasteiger partial charge on any atom is -0.366 e. The summed E-state index contributed by atoms with van der Waals surface area (Å²) < 4.78 is 0. The van der Waals surface area contributed by atoms with Crippen molar-refractivity contribution in [2.45, 2.75) is 20.4 Å². The summed E-state index contributed by atoms with van der Waals surface area (Å²) in [5.41, 5.74) is 5.35. The SMILES string of the molecule is CCN(Cc1csc(C(=O)NN)n1)c1ccc(C)cc1. The molecular weight excluding hydrogens is 272 g/mol. The quantitative estimate of drug-likeness (QED) is 0.502. The normalized spacial score (nSPS) is 10.3. The number of carbonyl (C=O) groups is 1. The van der Waals surface area contributed by atoms with Crippen molar-refractivity contribution in [3.8, 4) is 0 Å². The molecule has 0 atom stereocenters. The smallest absolute Gasteiger partial charge is 0.294 e. The van der Waals surface area contributed by atoms with Crippen molar-refractivity contribution in [1.29, 1.82) is 0 Å². The van der Waals surface area contributed by atoms with Gasteiger partial charge in [0.2, 0.25) is 0 Å². The Hall–Kier alpha value is -1.92. The molecule has 0 aliphatic heterocycles. The van der Waals surface area contributed by atoms with E-state index in [1.54, 1.807) is 0 Å². The van der Waals surface area contributed by atoms with Crippen molar-refractivity contribution in [1.82, 2.24) is 10.4 Å². The summed E-state index contributed by atoms with van der Waals surface area (Å²) in [6.45, 7) is 5.71. The Morgan fingerprint density at radius 2 is 2.10 bits per heavy atom. The number of aromatic nitrogens is 1. The number of benzene rings is 1. The molecule has 106 valence electrons. The van der Waals surface area contributed by atoms with E-state index in [4.69, 9.17) is 5.84 Å². The van der Waals surface area contributed by atoms with E-state index in [2.05, 4.69) is 53.4 Å². The highest BCUT2D eigenvalue weighted by molar-refractivity contribution is 7.11. The lowest BCUT2D eigenvalue weighted by Crippen LogP contribution is -2.30. The first-order valence-electron chi connectivity index (χ1n) is 6.41. The van der Waals surface area contributed by atoms with E-state index in [1.807, 2.05) is 5.38 Å². The summed E-state index contributed by atoms with van der Waals surface area (Å²) in [6, 6.07) is 8.37. The molecule has 1 amide bonds. The number of aryl methyl sites for hydroxylation is 1. The average molecular weight is 290 g/mol. The summed E-state index contributed by atoms with van der Waals surface area (Å²) in [5.74, 6) is 4.76. The molecule has 0 unspecified atom stereocenters. The first-order valence-corrected chi connectivity index (χ1v) is 7.29. The molecule has 2 aromatic rings. The standard InChI is InChI=1S/C14H18N4OS/c1-3-18(12-6-4-10(2)5-7-12)8-11-9-20-14(16-11)13(19)17-15/h4-7,9H,3,8,15H2,1-2H3,(H,17,19). The van der Waals surface area contributed by atoms with Gasteiger partial charge >= 0.3 is 0 Å². The number of thiazole rings is 1. The van der Waals surface area contributed by atoms with Crippen LogP contribution in [0.1, 0.15) is 28.0 Å². The molecule has 6 heteroatoms. The highest BCUT2D eigenvalue weighted by atomic mass is 32.1. The van der Waals surface area contributed by atoms with E-state index < -0.39 is 0 Å². The molecule has 0 aliphatic carbocycles. The minimum absolute atomic E-state index is 0.348. The number of nitrogens with zero attached hydrogens (tertiary/aromatic N) is 2. The fraction of sp³-hybridized carbons (Fsp3) is 0.286. The summed E-state index contributed by atoms with van der Waals surface area (Å²) in [7, 11) is 0. The number of hydrogen-bond acceptors (Lipinski definition) is 5. The Kier molecular flexibility index (Phi) is 4.70. The topological polar surface area (TPSA) is 71.2 Å². The van der Waals surface area contributed by atoms with Crippen LogP contribution in [0.15, 0.2) is 29.6 Å². The Bertz CT molecular complexity index is 579. The lowest BCUT2D eigenvalue weighted by Gasteiger charge is -2.22. The Labute approximate surface area is 122 Å². The van der Waals surface area contributed by atoms with E-state index in [0.717, 1.165) is 17.9 Å². The lowest BCUT2D eigenvalue weighted by atomic mass is 10.2. The molecule has 3 N–H and O–H groups in total. The number of anilines is 1. The van der Waals surface area contributed by atoms with E-state index in [0.29, 0.717) is 11.6 Å². The molecule has 1 heterocycles. The second kappa shape index (κ2) is 6.49. The summed E-state index contributed by atoms with van der Waals surface area (Å²) in [4.78, 5) is 17.9. The van der Waals surface area contributed by atoms with Gasteiger partial charge in [-0.1, -0.05) is 17.7 Å². The monoisotopic (exact) mass is 290 g/mol. The number of hydrogen-bond donors (Lipinski definition) is 2. The van der Waals surface area contributed by atoms with Crippen LogP contribution >= 0.6 is 11.3 Å². The van der Waals surface area contributed by atoms with Gasteiger partial charge in [0, 0.05) is 17.6 Å². The predicted octanol–water partition coefficient (Wildman–Crippen LogP) is 2.08. The van der Waals surface area contributed by atoms with Gasteiger partial charge in [0.15, 0.2) is 5.01 Å². The van der Waals surface area contributed by atoms with Crippen molar-refractivity contribution in [3.63, 3.8) is 0 Å². The lowest BCUT2D eigenvalue weighted by molar-refractivity contribution is 0.0953. The van der Waals surface area contributed by atoms with Crippen LogP contribution in [-0.4, -0.2) is 17.4 Å². The van der Waals surface area contributed by atoms with Gasteiger partial charge in [-0.15, -0.1) is 11.3 Å². The molecule has 0 saturated heterocycles. The first kappa shape index (κ1) is 14.5. The largest absolute Gasteiger partial charge is 0.366 e. The van der Waals surface area contributed by atoms with Crippen LogP contribution < -0.4 is 16.2 Å². The average Bonchev–Trinajstić information content (AvgIpc) is 2.93. The van der Waals surface area contributed by atoms with Gasteiger partial charge in [-0.05, 0) is 26.0 Å². The Balaban J connectivity index is 2.12. The number of rotatable bonds is 5. The van der Waals surface area contributed by atoms with E-state index in [-0.39, 0.29) is 5.91 Å². The van der Waals surface area contributed by atoms with Crippen molar-refractivity contribution < 1.29 is 4.79 Å². The van der Waals surface area contributed by atoms with Crippen LogP contribution in [0.5, 0.6) is 0 Å². The van der Waals surface area contributed by atoms with Gasteiger partial charge in [-0.2, -0.15) is 0 Å². The predicted molar refractivity (Wildman–Crippen MR) is 81.7 cm³/mol. The molecule has 0 spiro atoms. The van der Waals surface area contributed by atoms with Crippen LogP contribution in [0.3, 0.4) is 0 Å². The van der Waals surface area contributed by atoms with Gasteiger partial charge < -0.3 is 4.90 Å². The molecule has 2 rings (SSSR count). The van der Waals surface area contributed by atoms with Crippen LogP contribution in [0, 0.1) is 6.92 Å².